The summed E-state index contributed by atoms with van der Waals surface area (Å²) >= 11 is 0. The van der Waals surface area contributed by atoms with E-state index in [4.69, 9.17) is 15.2 Å². The molecule has 0 aliphatic rings. The smallest absolute Gasteiger partial charge is 0.310 e. The zero-order chi connectivity index (χ0) is 15.8. The van der Waals surface area contributed by atoms with Crippen molar-refractivity contribution in [3.05, 3.63) is 33.9 Å². The van der Waals surface area contributed by atoms with E-state index < -0.39 is 4.92 Å². The Morgan fingerprint density at radius 3 is 2.81 bits per heavy atom. The summed E-state index contributed by atoms with van der Waals surface area (Å²) in [6, 6.07) is 4.15. The number of methoxy groups -OCH3 is 1. The zero-order valence-corrected chi connectivity index (χ0v) is 12.0. The minimum Gasteiger partial charge on any atom is -0.477 e. The van der Waals surface area contributed by atoms with Gasteiger partial charge in [0, 0.05) is 25.8 Å². The Labute approximate surface area is 122 Å². The van der Waals surface area contributed by atoms with Crippen molar-refractivity contribution in [2.24, 2.45) is 5.73 Å². The Balaban J connectivity index is 2.69. The number of benzene rings is 1. The molecule has 0 saturated carbocycles. The Morgan fingerprint density at radius 1 is 1.52 bits per heavy atom. The predicted molar refractivity (Wildman–Crippen MR) is 76.0 cm³/mol. The van der Waals surface area contributed by atoms with E-state index in [1.54, 1.807) is 13.0 Å². The van der Waals surface area contributed by atoms with Gasteiger partial charge >= 0.3 is 5.69 Å². The van der Waals surface area contributed by atoms with E-state index in [2.05, 4.69) is 5.32 Å². The van der Waals surface area contributed by atoms with Crippen molar-refractivity contribution < 1.29 is 19.2 Å². The van der Waals surface area contributed by atoms with Gasteiger partial charge in [0.15, 0.2) is 12.4 Å². The van der Waals surface area contributed by atoms with Crippen LogP contribution in [0.4, 0.5) is 5.69 Å². The van der Waals surface area contributed by atoms with Crippen molar-refractivity contribution in [3.63, 3.8) is 0 Å². The van der Waals surface area contributed by atoms with Gasteiger partial charge in [0.1, 0.15) is 0 Å². The molecule has 1 aromatic carbocycles. The Hall–Kier alpha value is -2.19. The average molecular weight is 297 g/mol. The number of nitrogens with one attached hydrogen (secondary N) is 1. The van der Waals surface area contributed by atoms with E-state index in [1.807, 2.05) is 0 Å². The van der Waals surface area contributed by atoms with Crippen molar-refractivity contribution in [2.45, 2.75) is 19.5 Å². The van der Waals surface area contributed by atoms with Crippen molar-refractivity contribution >= 4 is 11.6 Å². The van der Waals surface area contributed by atoms with Gasteiger partial charge in [-0.15, -0.1) is 0 Å². The molecule has 0 aliphatic carbocycles. The van der Waals surface area contributed by atoms with Crippen LogP contribution in [0.3, 0.4) is 0 Å². The number of carbonyl (C=O) groups is 1. The fourth-order valence-corrected chi connectivity index (χ4v) is 1.70. The first-order valence-corrected chi connectivity index (χ1v) is 6.36. The van der Waals surface area contributed by atoms with Crippen LogP contribution < -0.4 is 15.8 Å². The van der Waals surface area contributed by atoms with Gasteiger partial charge in [-0.25, -0.2) is 0 Å². The number of amides is 1. The maximum atomic E-state index is 11.7. The molecule has 3 N–H and O–H groups in total. The van der Waals surface area contributed by atoms with Crippen molar-refractivity contribution in [2.75, 3.05) is 20.3 Å². The second-order valence-electron chi connectivity index (χ2n) is 4.48. The highest BCUT2D eigenvalue weighted by atomic mass is 16.6. The number of nitro groups is 1. The van der Waals surface area contributed by atoms with Crippen LogP contribution in [0.2, 0.25) is 0 Å². The first kappa shape index (κ1) is 16.9. The summed E-state index contributed by atoms with van der Waals surface area (Å²) in [5.41, 5.74) is 5.96. The van der Waals surface area contributed by atoms with Crippen LogP contribution in [-0.4, -0.2) is 37.2 Å². The predicted octanol–water partition coefficient (Wildman–Crippen LogP) is 0.583. The second kappa shape index (κ2) is 8.18. The molecule has 1 aromatic rings. The Bertz CT molecular complexity index is 507. The van der Waals surface area contributed by atoms with Gasteiger partial charge in [-0.05, 0) is 18.6 Å². The summed E-state index contributed by atoms with van der Waals surface area (Å²) in [7, 11) is 1.53. The first-order valence-electron chi connectivity index (χ1n) is 6.36. The highest BCUT2D eigenvalue weighted by molar-refractivity contribution is 5.78. The quantitative estimate of drug-likeness (QED) is 0.535. The van der Waals surface area contributed by atoms with E-state index in [1.165, 1.54) is 19.2 Å². The van der Waals surface area contributed by atoms with Crippen LogP contribution in [0.15, 0.2) is 18.2 Å². The minimum absolute atomic E-state index is 0.0255. The van der Waals surface area contributed by atoms with Crippen molar-refractivity contribution in [3.8, 4) is 5.75 Å². The van der Waals surface area contributed by atoms with Crippen LogP contribution in [0, 0.1) is 10.1 Å². The molecule has 116 valence electrons. The SMILES string of the molecule is COCC(C)NC(=O)COc1cc(CN)ccc1[N+](=O)[O-]. The molecule has 0 spiro atoms. The molecule has 0 heterocycles. The molecule has 1 unspecified atom stereocenters. The molecular weight excluding hydrogens is 278 g/mol. The lowest BCUT2D eigenvalue weighted by Gasteiger charge is -2.13. The summed E-state index contributed by atoms with van der Waals surface area (Å²) in [4.78, 5) is 22.0. The third-order valence-corrected chi connectivity index (χ3v) is 2.64. The Kier molecular flexibility index (Phi) is 6.57. The van der Waals surface area contributed by atoms with Crippen LogP contribution in [0.1, 0.15) is 12.5 Å². The fraction of sp³-hybridized carbons (Fsp3) is 0.462. The third-order valence-electron chi connectivity index (χ3n) is 2.64. The highest BCUT2D eigenvalue weighted by Crippen LogP contribution is 2.27. The van der Waals surface area contributed by atoms with Gasteiger partial charge in [0.05, 0.1) is 11.5 Å². The van der Waals surface area contributed by atoms with Crippen LogP contribution in [0.25, 0.3) is 0 Å². The van der Waals surface area contributed by atoms with Crippen molar-refractivity contribution in [1.29, 1.82) is 0 Å². The van der Waals surface area contributed by atoms with Gasteiger partial charge in [-0.2, -0.15) is 0 Å². The summed E-state index contributed by atoms with van der Waals surface area (Å²) < 4.78 is 10.1. The molecular formula is C13H19N3O5. The largest absolute Gasteiger partial charge is 0.477 e. The molecule has 21 heavy (non-hydrogen) atoms. The molecule has 1 atom stereocenters. The molecule has 0 aliphatic heterocycles. The maximum Gasteiger partial charge on any atom is 0.310 e. The molecule has 1 amide bonds. The number of nitro benzene ring substituents is 1. The normalized spacial score (nSPS) is 11.8. The van der Waals surface area contributed by atoms with E-state index in [0.29, 0.717) is 12.2 Å². The first-order chi connectivity index (χ1) is 9.97. The number of hydrogen-bond acceptors (Lipinski definition) is 6. The molecule has 1 rings (SSSR count). The monoisotopic (exact) mass is 297 g/mol. The Morgan fingerprint density at radius 2 is 2.24 bits per heavy atom. The second-order valence-corrected chi connectivity index (χ2v) is 4.48. The van der Waals surface area contributed by atoms with E-state index in [-0.39, 0.29) is 36.5 Å². The van der Waals surface area contributed by atoms with Crippen LogP contribution >= 0.6 is 0 Å². The lowest BCUT2D eigenvalue weighted by Crippen LogP contribution is -2.38. The number of ether oxygens (including phenoxy) is 2. The summed E-state index contributed by atoms with van der Waals surface area (Å²) in [5.74, 6) is -0.357. The van der Waals surface area contributed by atoms with Gasteiger partial charge in [-0.3, -0.25) is 14.9 Å². The van der Waals surface area contributed by atoms with Gasteiger partial charge in [-0.1, -0.05) is 6.07 Å². The molecule has 0 aromatic heterocycles. The molecule has 8 nitrogen and oxygen atoms in total. The number of hydrogen-bond donors (Lipinski definition) is 2. The van der Waals surface area contributed by atoms with Crippen LogP contribution in [0.5, 0.6) is 5.75 Å². The fourth-order valence-electron chi connectivity index (χ4n) is 1.70. The summed E-state index contributed by atoms with van der Waals surface area (Å²) in [6.45, 7) is 2.06. The van der Waals surface area contributed by atoms with Gasteiger partial charge in [0.2, 0.25) is 0 Å². The molecule has 0 saturated heterocycles. The molecule has 0 radical (unpaired) electrons. The number of carbonyl (C=O) groups excluding carboxylic acids is 1. The van der Waals surface area contributed by atoms with Crippen LogP contribution in [-0.2, 0) is 16.1 Å². The standard InChI is InChI=1S/C13H19N3O5/c1-9(7-20-2)15-13(17)8-21-12-5-10(6-14)3-4-11(12)16(18)19/h3-5,9H,6-8,14H2,1-2H3,(H,15,17). The van der Waals surface area contributed by atoms with Gasteiger partial charge in [0.25, 0.3) is 5.91 Å². The summed E-state index contributed by atoms with van der Waals surface area (Å²) in [5, 5.41) is 13.6. The zero-order valence-electron chi connectivity index (χ0n) is 12.0. The molecule has 0 bridgehead atoms. The van der Waals surface area contributed by atoms with E-state index >= 15 is 0 Å². The average Bonchev–Trinajstić information content (AvgIpc) is 2.44. The molecule has 8 heteroatoms. The minimum atomic E-state index is -0.568. The lowest BCUT2D eigenvalue weighted by molar-refractivity contribution is -0.385. The summed E-state index contributed by atoms with van der Waals surface area (Å²) in [6.07, 6.45) is 0. The highest BCUT2D eigenvalue weighted by Gasteiger charge is 2.17. The van der Waals surface area contributed by atoms with E-state index in [9.17, 15) is 14.9 Å². The maximum absolute atomic E-state index is 11.7. The number of rotatable bonds is 8. The molecule has 0 fully saturated rings. The van der Waals surface area contributed by atoms with E-state index in [0.717, 1.165) is 0 Å². The van der Waals surface area contributed by atoms with Crippen molar-refractivity contribution in [1.82, 2.24) is 5.32 Å². The lowest BCUT2D eigenvalue weighted by atomic mass is 10.2. The van der Waals surface area contributed by atoms with Gasteiger partial charge < -0.3 is 20.5 Å². The topological polar surface area (TPSA) is 117 Å². The number of nitrogens with two attached hydrogens (primary N) is 1. The number of nitrogens with zero attached hydrogens (tertiary/aromatic N) is 1. The third kappa shape index (κ3) is 5.36.